The van der Waals surface area contributed by atoms with Crippen LogP contribution in [-0.4, -0.2) is 43.3 Å². The first kappa shape index (κ1) is 30.9. The standard InChI is InChI=1S/C32H41N3O4S/c1-8-29(31(37)33-32(5,6)7)34(21-26-17-14-23(2)15-18-26)30(36)22-35(27-19-16-24(3)25(4)20-27)40(38,39)28-12-10-9-11-13-28/h9-20,29H,8,21-22H2,1-7H3,(H,33,37)/t29-/m1/s1. The summed E-state index contributed by atoms with van der Waals surface area (Å²) in [7, 11) is -4.09. The van der Waals surface area contributed by atoms with E-state index in [9.17, 15) is 18.0 Å². The van der Waals surface area contributed by atoms with Crippen LogP contribution < -0.4 is 9.62 Å². The van der Waals surface area contributed by atoms with Gasteiger partial charge in [-0.3, -0.25) is 13.9 Å². The van der Waals surface area contributed by atoms with E-state index >= 15 is 0 Å². The molecule has 0 radical (unpaired) electrons. The fraction of sp³-hybridized carbons (Fsp3) is 0.375. The Morgan fingerprint density at radius 1 is 0.875 bits per heavy atom. The summed E-state index contributed by atoms with van der Waals surface area (Å²) in [6.07, 6.45) is 0.370. The molecule has 1 atom stereocenters. The maximum absolute atomic E-state index is 14.1. The minimum Gasteiger partial charge on any atom is -0.350 e. The number of amides is 2. The van der Waals surface area contributed by atoms with Crippen molar-refractivity contribution in [2.75, 3.05) is 10.8 Å². The Bertz CT molecular complexity index is 1430. The molecule has 0 unspecified atom stereocenters. The largest absolute Gasteiger partial charge is 0.350 e. The Labute approximate surface area is 239 Å². The number of nitrogens with zero attached hydrogens (tertiary/aromatic N) is 2. The number of sulfonamides is 1. The van der Waals surface area contributed by atoms with Crippen molar-refractivity contribution in [3.8, 4) is 0 Å². The summed E-state index contributed by atoms with van der Waals surface area (Å²) in [6, 6.07) is 20.4. The van der Waals surface area contributed by atoms with Gasteiger partial charge in [-0.25, -0.2) is 8.42 Å². The molecule has 214 valence electrons. The second-order valence-electron chi connectivity index (χ2n) is 11.3. The molecule has 0 heterocycles. The van der Waals surface area contributed by atoms with Crippen LogP contribution in [0.3, 0.4) is 0 Å². The Hall–Kier alpha value is -3.65. The van der Waals surface area contributed by atoms with Crippen molar-refractivity contribution in [1.29, 1.82) is 0 Å². The van der Waals surface area contributed by atoms with Crippen LogP contribution in [0.4, 0.5) is 5.69 Å². The second kappa shape index (κ2) is 12.7. The van der Waals surface area contributed by atoms with E-state index in [4.69, 9.17) is 0 Å². The van der Waals surface area contributed by atoms with Crippen LogP contribution in [0.25, 0.3) is 0 Å². The molecule has 0 fully saturated rings. The lowest BCUT2D eigenvalue weighted by molar-refractivity contribution is -0.141. The average molecular weight is 564 g/mol. The van der Waals surface area contributed by atoms with Crippen LogP contribution in [0.5, 0.6) is 0 Å². The van der Waals surface area contributed by atoms with Crippen molar-refractivity contribution in [3.63, 3.8) is 0 Å². The molecule has 3 rings (SSSR count). The number of aryl methyl sites for hydroxylation is 3. The van der Waals surface area contributed by atoms with Crippen molar-refractivity contribution in [1.82, 2.24) is 10.2 Å². The average Bonchev–Trinajstić information content (AvgIpc) is 2.89. The Kier molecular flexibility index (Phi) is 9.79. The first-order chi connectivity index (χ1) is 18.7. The lowest BCUT2D eigenvalue weighted by Crippen LogP contribution is -2.55. The lowest BCUT2D eigenvalue weighted by Gasteiger charge is -2.35. The van der Waals surface area contributed by atoms with E-state index < -0.39 is 34.1 Å². The number of benzene rings is 3. The van der Waals surface area contributed by atoms with Crippen LogP contribution in [-0.2, 0) is 26.2 Å². The van der Waals surface area contributed by atoms with E-state index in [0.717, 1.165) is 26.6 Å². The second-order valence-corrected chi connectivity index (χ2v) is 13.1. The van der Waals surface area contributed by atoms with Crippen LogP contribution in [0, 0.1) is 20.8 Å². The summed E-state index contributed by atoms with van der Waals surface area (Å²) in [5, 5.41) is 2.99. The predicted molar refractivity (Wildman–Crippen MR) is 161 cm³/mol. The van der Waals surface area contributed by atoms with Crippen LogP contribution in [0.2, 0.25) is 0 Å². The van der Waals surface area contributed by atoms with Crippen molar-refractivity contribution >= 4 is 27.5 Å². The van der Waals surface area contributed by atoms with Crippen molar-refractivity contribution in [2.45, 2.75) is 77.9 Å². The molecule has 0 aromatic heterocycles. The van der Waals surface area contributed by atoms with E-state index in [2.05, 4.69) is 5.32 Å². The number of rotatable bonds is 10. The third kappa shape index (κ3) is 7.72. The summed E-state index contributed by atoms with van der Waals surface area (Å²) in [6.45, 7) is 13.1. The molecule has 2 amide bonds. The van der Waals surface area contributed by atoms with Crippen LogP contribution in [0.1, 0.15) is 56.4 Å². The van der Waals surface area contributed by atoms with Gasteiger partial charge in [0.2, 0.25) is 11.8 Å². The van der Waals surface area contributed by atoms with E-state index in [-0.39, 0.29) is 17.3 Å². The van der Waals surface area contributed by atoms with Crippen molar-refractivity contribution < 1.29 is 18.0 Å². The van der Waals surface area contributed by atoms with Gasteiger partial charge in [0.05, 0.1) is 10.6 Å². The molecule has 0 saturated carbocycles. The van der Waals surface area contributed by atoms with Gasteiger partial charge in [0, 0.05) is 12.1 Å². The number of carbonyl (C=O) groups is 2. The summed E-state index contributed by atoms with van der Waals surface area (Å²) < 4.78 is 29.0. The number of carbonyl (C=O) groups excluding carboxylic acids is 2. The molecule has 8 heteroatoms. The fourth-order valence-corrected chi connectivity index (χ4v) is 5.82. The zero-order valence-corrected chi connectivity index (χ0v) is 25.4. The topological polar surface area (TPSA) is 86.8 Å². The van der Waals surface area contributed by atoms with Gasteiger partial charge in [-0.1, -0.05) is 61.0 Å². The third-order valence-corrected chi connectivity index (χ3v) is 8.53. The van der Waals surface area contributed by atoms with Gasteiger partial charge in [-0.15, -0.1) is 0 Å². The zero-order chi connectivity index (χ0) is 29.7. The molecule has 0 aliphatic carbocycles. The summed E-state index contributed by atoms with van der Waals surface area (Å²) in [5.74, 6) is -0.742. The number of hydrogen-bond acceptors (Lipinski definition) is 4. The van der Waals surface area contributed by atoms with Gasteiger partial charge in [0.25, 0.3) is 10.0 Å². The lowest BCUT2D eigenvalue weighted by atomic mass is 10.1. The van der Waals surface area contributed by atoms with Gasteiger partial charge in [-0.2, -0.15) is 0 Å². The van der Waals surface area contributed by atoms with Crippen molar-refractivity contribution in [3.05, 3.63) is 95.1 Å². The highest BCUT2D eigenvalue weighted by Crippen LogP contribution is 2.27. The molecule has 0 bridgehead atoms. The molecule has 1 N–H and O–H groups in total. The smallest absolute Gasteiger partial charge is 0.264 e. The number of hydrogen-bond donors (Lipinski definition) is 1. The number of nitrogens with one attached hydrogen (secondary N) is 1. The predicted octanol–water partition coefficient (Wildman–Crippen LogP) is 5.53. The summed E-state index contributed by atoms with van der Waals surface area (Å²) in [5.41, 5.74) is 3.75. The maximum Gasteiger partial charge on any atom is 0.264 e. The van der Waals surface area contributed by atoms with Gasteiger partial charge in [0.15, 0.2) is 0 Å². The van der Waals surface area contributed by atoms with E-state index in [1.807, 2.05) is 78.8 Å². The van der Waals surface area contributed by atoms with Crippen LogP contribution in [0.15, 0.2) is 77.7 Å². The quantitative estimate of drug-likeness (QED) is 0.352. The minimum atomic E-state index is -4.09. The molecular formula is C32H41N3O4S. The first-order valence-corrected chi connectivity index (χ1v) is 15.0. The van der Waals surface area contributed by atoms with Gasteiger partial charge in [-0.05, 0) is 88.9 Å². The zero-order valence-electron chi connectivity index (χ0n) is 24.6. The fourth-order valence-electron chi connectivity index (χ4n) is 4.39. The Balaban J connectivity index is 2.08. The van der Waals surface area contributed by atoms with E-state index in [1.165, 1.54) is 17.0 Å². The van der Waals surface area contributed by atoms with Gasteiger partial charge >= 0.3 is 0 Å². The normalized spacial score (nSPS) is 12.5. The SMILES string of the molecule is CC[C@H](C(=O)NC(C)(C)C)N(Cc1ccc(C)cc1)C(=O)CN(c1ccc(C)c(C)c1)S(=O)(=O)c1ccccc1. The minimum absolute atomic E-state index is 0.0867. The molecule has 0 spiro atoms. The first-order valence-electron chi connectivity index (χ1n) is 13.5. The molecule has 3 aromatic carbocycles. The van der Waals surface area contributed by atoms with Gasteiger partial charge in [0.1, 0.15) is 12.6 Å². The summed E-state index contributed by atoms with van der Waals surface area (Å²) >= 11 is 0. The van der Waals surface area contributed by atoms with Crippen molar-refractivity contribution in [2.24, 2.45) is 0 Å². The molecule has 0 aliphatic heterocycles. The molecular weight excluding hydrogens is 522 g/mol. The van der Waals surface area contributed by atoms with Gasteiger partial charge < -0.3 is 10.2 Å². The molecule has 0 aliphatic rings. The number of anilines is 1. The van der Waals surface area contributed by atoms with Crippen LogP contribution >= 0.6 is 0 Å². The third-order valence-electron chi connectivity index (χ3n) is 6.75. The maximum atomic E-state index is 14.1. The highest BCUT2D eigenvalue weighted by atomic mass is 32.2. The molecule has 7 nitrogen and oxygen atoms in total. The highest BCUT2D eigenvalue weighted by molar-refractivity contribution is 7.92. The summed E-state index contributed by atoms with van der Waals surface area (Å²) in [4.78, 5) is 29.1. The molecule has 40 heavy (non-hydrogen) atoms. The molecule has 0 saturated heterocycles. The Morgan fingerprint density at radius 2 is 1.50 bits per heavy atom. The van der Waals surface area contributed by atoms with E-state index in [1.54, 1.807) is 30.3 Å². The highest BCUT2D eigenvalue weighted by Gasteiger charge is 2.34. The van der Waals surface area contributed by atoms with E-state index in [0.29, 0.717) is 12.1 Å². The monoisotopic (exact) mass is 563 g/mol. The Morgan fingerprint density at radius 3 is 2.05 bits per heavy atom. The molecule has 3 aromatic rings.